The predicted molar refractivity (Wildman–Crippen MR) is 91.7 cm³/mol. The summed E-state index contributed by atoms with van der Waals surface area (Å²) in [4.78, 5) is 12.3. The number of rotatable bonds is 5. The third-order valence-corrected chi connectivity index (χ3v) is 4.30. The standard InChI is InChI=1S/C17H16N4OS/c1-13(16(22)19-14-8-4-2-5-9-14)23-17-20-18-12-21(17)15-10-6-3-7-11-15/h2-13H,1H3,(H,19,22)/t13-/m0/s1. The zero-order valence-electron chi connectivity index (χ0n) is 12.6. The minimum Gasteiger partial charge on any atom is -0.325 e. The fourth-order valence-corrected chi connectivity index (χ4v) is 2.89. The molecular formula is C17H16N4OS. The van der Waals surface area contributed by atoms with Gasteiger partial charge in [-0.15, -0.1) is 10.2 Å². The van der Waals surface area contributed by atoms with E-state index >= 15 is 0 Å². The quantitative estimate of drug-likeness (QED) is 0.731. The summed E-state index contributed by atoms with van der Waals surface area (Å²) in [5, 5.41) is 11.4. The number of hydrogen-bond acceptors (Lipinski definition) is 4. The maximum absolute atomic E-state index is 12.3. The van der Waals surface area contributed by atoms with Crippen LogP contribution < -0.4 is 5.32 Å². The van der Waals surface area contributed by atoms with E-state index < -0.39 is 0 Å². The van der Waals surface area contributed by atoms with Gasteiger partial charge < -0.3 is 5.32 Å². The Morgan fingerprint density at radius 3 is 2.43 bits per heavy atom. The molecule has 0 unspecified atom stereocenters. The molecule has 0 fully saturated rings. The van der Waals surface area contributed by atoms with Crippen LogP contribution in [0.15, 0.2) is 72.1 Å². The average molecular weight is 324 g/mol. The lowest BCUT2D eigenvalue weighted by atomic mass is 10.3. The second-order valence-corrected chi connectivity index (χ2v) is 6.24. The van der Waals surface area contributed by atoms with Gasteiger partial charge in [-0.05, 0) is 31.2 Å². The zero-order chi connectivity index (χ0) is 16.1. The molecular weight excluding hydrogens is 308 g/mol. The topological polar surface area (TPSA) is 59.8 Å². The zero-order valence-corrected chi connectivity index (χ0v) is 13.4. The summed E-state index contributed by atoms with van der Waals surface area (Å²) in [7, 11) is 0. The van der Waals surface area contributed by atoms with Crippen molar-refractivity contribution in [3.63, 3.8) is 0 Å². The van der Waals surface area contributed by atoms with Crippen molar-refractivity contribution in [1.82, 2.24) is 14.8 Å². The van der Waals surface area contributed by atoms with E-state index in [-0.39, 0.29) is 11.2 Å². The van der Waals surface area contributed by atoms with E-state index in [1.54, 1.807) is 6.33 Å². The Morgan fingerprint density at radius 1 is 1.09 bits per heavy atom. The van der Waals surface area contributed by atoms with Crippen LogP contribution in [-0.2, 0) is 4.79 Å². The molecule has 0 saturated heterocycles. The van der Waals surface area contributed by atoms with Crippen molar-refractivity contribution in [2.45, 2.75) is 17.3 Å². The number of hydrogen-bond donors (Lipinski definition) is 1. The lowest BCUT2D eigenvalue weighted by molar-refractivity contribution is -0.115. The maximum atomic E-state index is 12.3. The third kappa shape index (κ3) is 3.78. The fraction of sp³-hybridized carbons (Fsp3) is 0.118. The number of nitrogens with zero attached hydrogens (tertiary/aromatic N) is 3. The number of para-hydroxylation sites is 2. The van der Waals surface area contributed by atoms with Gasteiger partial charge in [-0.3, -0.25) is 9.36 Å². The van der Waals surface area contributed by atoms with Crippen LogP contribution in [0.3, 0.4) is 0 Å². The normalized spacial score (nSPS) is 11.9. The summed E-state index contributed by atoms with van der Waals surface area (Å²) < 4.78 is 1.87. The Kier molecular flexibility index (Phi) is 4.73. The highest BCUT2D eigenvalue weighted by Crippen LogP contribution is 2.24. The van der Waals surface area contributed by atoms with Crippen LogP contribution >= 0.6 is 11.8 Å². The second-order valence-electron chi connectivity index (χ2n) is 4.93. The number of benzene rings is 2. The molecule has 1 amide bonds. The van der Waals surface area contributed by atoms with Gasteiger partial charge in [0.2, 0.25) is 5.91 Å². The number of anilines is 1. The largest absolute Gasteiger partial charge is 0.325 e. The highest BCUT2D eigenvalue weighted by atomic mass is 32.2. The summed E-state index contributed by atoms with van der Waals surface area (Å²) in [6.07, 6.45) is 1.65. The first kappa shape index (κ1) is 15.3. The molecule has 0 aliphatic rings. The van der Waals surface area contributed by atoms with Crippen LogP contribution in [-0.4, -0.2) is 25.9 Å². The Balaban J connectivity index is 1.70. The molecule has 0 spiro atoms. The minimum absolute atomic E-state index is 0.0659. The number of aromatic nitrogens is 3. The van der Waals surface area contributed by atoms with E-state index in [1.807, 2.05) is 72.2 Å². The molecule has 0 aliphatic heterocycles. The van der Waals surface area contributed by atoms with Crippen molar-refractivity contribution in [3.05, 3.63) is 67.0 Å². The molecule has 3 rings (SSSR count). The smallest absolute Gasteiger partial charge is 0.237 e. The molecule has 1 heterocycles. The van der Waals surface area contributed by atoms with Crippen LogP contribution in [0.1, 0.15) is 6.92 Å². The van der Waals surface area contributed by atoms with Crippen molar-refractivity contribution < 1.29 is 4.79 Å². The molecule has 1 N–H and O–H groups in total. The Labute approximate surface area is 138 Å². The summed E-state index contributed by atoms with van der Waals surface area (Å²) >= 11 is 1.38. The number of thioether (sulfide) groups is 1. The van der Waals surface area contributed by atoms with Gasteiger partial charge in [-0.25, -0.2) is 0 Å². The Bertz CT molecular complexity index is 774. The van der Waals surface area contributed by atoms with Gasteiger partial charge >= 0.3 is 0 Å². The number of nitrogens with one attached hydrogen (secondary N) is 1. The lowest BCUT2D eigenvalue weighted by Crippen LogP contribution is -2.22. The summed E-state index contributed by atoms with van der Waals surface area (Å²) in [6, 6.07) is 19.2. The maximum Gasteiger partial charge on any atom is 0.237 e. The van der Waals surface area contributed by atoms with E-state index in [0.717, 1.165) is 11.4 Å². The van der Waals surface area contributed by atoms with E-state index in [4.69, 9.17) is 0 Å². The van der Waals surface area contributed by atoms with Crippen molar-refractivity contribution in [1.29, 1.82) is 0 Å². The van der Waals surface area contributed by atoms with Crippen molar-refractivity contribution in [3.8, 4) is 5.69 Å². The van der Waals surface area contributed by atoms with Crippen molar-refractivity contribution in [2.24, 2.45) is 0 Å². The molecule has 1 atom stereocenters. The minimum atomic E-state index is -0.290. The highest BCUT2D eigenvalue weighted by molar-refractivity contribution is 8.00. The molecule has 23 heavy (non-hydrogen) atoms. The average Bonchev–Trinajstić information content (AvgIpc) is 3.04. The number of carbonyl (C=O) groups is 1. The van der Waals surface area contributed by atoms with Gasteiger partial charge in [0.1, 0.15) is 6.33 Å². The Morgan fingerprint density at radius 2 is 1.74 bits per heavy atom. The first-order chi connectivity index (χ1) is 11.2. The van der Waals surface area contributed by atoms with Gasteiger partial charge in [0.15, 0.2) is 5.16 Å². The Hall–Kier alpha value is -2.60. The SMILES string of the molecule is C[C@H](Sc1nncn1-c1ccccc1)C(=O)Nc1ccccc1. The van der Waals surface area contributed by atoms with Crippen LogP contribution in [0, 0.1) is 0 Å². The van der Waals surface area contributed by atoms with Gasteiger partial charge in [0.05, 0.1) is 5.25 Å². The van der Waals surface area contributed by atoms with Crippen LogP contribution in [0.2, 0.25) is 0 Å². The molecule has 5 nitrogen and oxygen atoms in total. The summed E-state index contributed by atoms with van der Waals surface area (Å²) in [5.41, 5.74) is 1.75. The van der Waals surface area contributed by atoms with E-state index in [2.05, 4.69) is 15.5 Å². The second kappa shape index (κ2) is 7.11. The van der Waals surface area contributed by atoms with Gasteiger partial charge in [-0.1, -0.05) is 48.2 Å². The van der Waals surface area contributed by atoms with Crippen molar-refractivity contribution >= 4 is 23.4 Å². The molecule has 3 aromatic rings. The predicted octanol–water partition coefficient (Wildman–Crippen LogP) is 3.39. The lowest BCUT2D eigenvalue weighted by Gasteiger charge is -2.12. The molecule has 0 aliphatic carbocycles. The molecule has 116 valence electrons. The number of carbonyl (C=O) groups excluding carboxylic acids is 1. The van der Waals surface area contributed by atoms with Gasteiger partial charge in [0, 0.05) is 11.4 Å². The first-order valence-corrected chi connectivity index (χ1v) is 8.10. The van der Waals surface area contributed by atoms with Crippen LogP contribution in [0.4, 0.5) is 5.69 Å². The van der Waals surface area contributed by atoms with Gasteiger partial charge in [0.25, 0.3) is 0 Å². The fourth-order valence-electron chi connectivity index (χ4n) is 2.05. The summed E-state index contributed by atoms with van der Waals surface area (Å²) in [5.74, 6) is -0.0659. The first-order valence-electron chi connectivity index (χ1n) is 7.22. The molecule has 0 saturated carbocycles. The molecule has 1 aromatic heterocycles. The molecule has 2 aromatic carbocycles. The third-order valence-electron chi connectivity index (χ3n) is 3.24. The number of amides is 1. The van der Waals surface area contributed by atoms with Crippen LogP contribution in [0.25, 0.3) is 5.69 Å². The molecule has 6 heteroatoms. The summed E-state index contributed by atoms with van der Waals surface area (Å²) in [6.45, 7) is 1.85. The highest BCUT2D eigenvalue weighted by Gasteiger charge is 2.18. The van der Waals surface area contributed by atoms with Crippen molar-refractivity contribution in [2.75, 3.05) is 5.32 Å². The molecule has 0 radical (unpaired) electrons. The van der Waals surface area contributed by atoms with E-state index in [9.17, 15) is 4.79 Å². The monoisotopic (exact) mass is 324 g/mol. The molecule has 0 bridgehead atoms. The van der Waals surface area contributed by atoms with Gasteiger partial charge in [-0.2, -0.15) is 0 Å². The van der Waals surface area contributed by atoms with E-state index in [0.29, 0.717) is 5.16 Å². The van der Waals surface area contributed by atoms with E-state index in [1.165, 1.54) is 11.8 Å². The van der Waals surface area contributed by atoms with Crippen LogP contribution in [0.5, 0.6) is 0 Å².